The lowest BCUT2D eigenvalue weighted by Gasteiger charge is -2.11. The van der Waals surface area contributed by atoms with E-state index in [-0.39, 0.29) is 12.6 Å². The zero-order chi connectivity index (χ0) is 17.9. The Bertz CT molecular complexity index is 1050. The highest BCUT2D eigenvalue weighted by molar-refractivity contribution is 6.16. The molecule has 0 atom stereocenters. The van der Waals surface area contributed by atoms with Crippen LogP contribution in [0.1, 0.15) is 21.5 Å². The fourth-order valence-corrected chi connectivity index (χ4v) is 3.20. The quantitative estimate of drug-likeness (QED) is 0.337. The predicted octanol–water partition coefficient (Wildman–Crippen LogP) is 5.99. The maximum absolute atomic E-state index is 12.9. The molecule has 0 aliphatic carbocycles. The van der Waals surface area contributed by atoms with Crippen LogP contribution < -0.4 is 0 Å². The van der Waals surface area contributed by atoms with Gasteiger partial charge < -0.3 is 4.74 Å². The molecule has 0 amide bonds. The molecule has 2 nitrogen and oxygen atoms in total. The molecule has 0 unspecified atom stereocenters. The van der Waals surface area contributed by atoms with Crippen LogP contribution in [0.15, 0.2) is 85.4 Å². The van der Waals surface area contributed by atoms with Crippen molar-refractivity contribution in [1.82, 2.24) is 0 Å². The van der Waals surface area contributed by atoms with Gasteiger partial charge in [0.1, 0.15) is 6.61 Å². The number of carbonyl (C=O) groups excluding carboxylic acids is 1. The summed E-state index contributed by atoms with van der Waals surface area (Å²) < 4.78 is 5.64. The van der Waals surface area contributed by atoms with Crippen LogP contribution in [0.3, 0.4) is 0 Å². The van der Waals surface area contributed by atoms with Gasteiger partial charge in [-0.1, -0.05) is 85.5 Å². The lowest BCUT2D eigenvalue weighted by atomic mass is 9.97. The third-order valence-corrected chi connectivity index (χ3v) is 4.56. The Morgan fingerprint density at radius 3 is 2.00 bits per heavy atom. The number of carbonyl (C=O) groups is 1. The van der Waals surface area contributed by atoms with Crippen LogP contribution >= 0.6 is 0 Å². The topological polar surface area (TPSA) is 26.3 Å². The number of esters is 1. The monoisotopic (exact) mass is 338 g/mol. The van der Waals surface area contributed by atoms with E-state index < -0.39 is 0 Å². The Hall–Kier alpha value is -3.39. The Morgan fingerprint density at radius 2 is 1.42 bits per heavy atom. The molecule has 0 aliphatic heterocycles. The normalized spacial score (nSPS) is 10.8. The first-order valence-electron chi connectivity index (χ1n) is 8.55. The summed E-state index contributed by atoms with van der Waals surface area (Å²) in [6.07, 6.45) is 1.79. The van der Waals surface area contributed by atoms with Gasteiger partial charge in [0.2, 0.25) is 0 Å². The number of hydrogen-bond acceptors (Lipinski definition) is 2. The average molecular weight is 338 g/mol. The smallest absolute Gasteiger partial charge is 0.339 e. The summed E-state index contributed by atoms with van der Waals surface area (Å²) in [5, 5.41) is 3.90. The molecular weight excluding hydrogens is 320 g/mol. The van der Waals surface area contributed by atoms with Gasteiger partial charge in [-0.3, -0.25) is 0 Å². The van der Waals surface area contributed by atoms with E-state index in [4.69, 9.17) is 4.74 Å². The molecule has 0 saturated carbocycles. The van der Waals surface area contributed by atoms with Gasteiger partial charge in [0.25, 0.3) is 0 Å². The second-order valence-corrected chi connectivity index (χ2v) is 6.22. The lowest BCUT2D eigenvalue weighted by Crippen LogP contribution is -2.07. The summed E-state index contributed by atoms with van der Waals surface area (Å²) in [6, 6.07) is 25.8. The highest BCUT2D eigenvalue weighted by Crippen LogP contribution is 2.29. The summed E-state index contributed by atoms with van der Waals surface area (Å²) in [4.78, 5) is 12.9. The molecule has 126 valence electrons. The standard InChI is InChI=1S/C24H18O2/c1-2-17-11-13-18(14-12-17)16-26-24(25)23-21-9-5-3-7-19(21)15-20-8-4-6-10-22(20)23/h2-15H,1,16H2. The van der Waals surface area contributed by atoms with Gasteiger partial charge in [-0.05, 0) is 38.7 Å². The van der Waals surface area contributed by atoms with Crippen LogP contribution in [0.25, 0.3) is 27.6 Å². The molecule has 2 heteroatoms. The van der Waals surface area contributed by atoms with Crippen LogP contribution in [-0.4, -0.2) is 5.97 Å². The van der Waals surface area contributed by atoms with E-state index in [9.17, 15) is 4.79 Å². The molecule has 0 radical (unpaired) electrons. The van der Waals surface area contributed by atoms with Crippen molar-refractivity contribution < 1.29 is 9.53 Å². The van der Waals surface area contributed by atoms with Crippen molar-refractivity contribution in [3.05, 3.63) is 102 Å². The molecule has 26 heavy (non-hydrogen) atoms. The highest BCUT2D eigenvalue weighted by atomic mass is 16.5. The van der Waals surface area contributed by atoms with Crippen LogP contribution in [0.5, 0.6) is 0 Å². The number of rotatable bonds is 4. The van der Waals surface area contributed by atoms with Gasteiger partial charge in [-0.25, -0.2) is 4.79 Å². The summed E-state index contributed by atoms with van der Waals surface area (Å²) >= 11 is 0. The maximum Gasteiger partial charge on any atom is 0.339 e. The van der Waals surface area contributed by atoms with Gasteiger partial charge in [-0.15, -0.1) is 0 Å². The molecule has 0 saturated heterocycles. The Labute approximate surface area is 152 Å². The number of benzene rings is 4. The molecule has 0 spiro atoms. The molecule has 4 aromatic carbocycles. The Morgan fingerprint density at radius 1 is 0.846 bits per heavy atom. The van der Waals surface area contributed by atoms with E-state index in [1.807, 2.05) is 72.8 Å². The van der Waals surface area contributed by atoms with E-state index in [1.165, 1.54) is 0 Å². The van der Waals surface area contributed by atoms with Crippen molar-refractivity contribution in [3.8, 4) is 0 Å². The van der Waals surface area contributed by atoms with Gasteiger partial charge >= 0.3 is 5.97 Å². The average Bonchev–Trinajstić information content (AvgIpc) is 2.70. The van der Waals surface area contributed by atoms with E-state index in [0.29, 0.717) is 5.56 Å². The predicted molar refractivity (Wildman–Crippen MR) is 107 cm³/mol. The summed E-state index contributed by atoms with van der Waals surface area (Å²) in [7, 11) is 0. The van der Waals surface area contributed by atoms with Gasteiger partial charge in [0, 0.05) is 0 Å². The zero-order valence-corrected chi connectivity index (χ0v) is 14.3. The molecule has 4 aromatic rings. The first-order valence-corrected chi connectivity index (χ1v) is 8.55. The molecule has 0 aliphatic rings. The maximum atomic E-state index is 12.9. The minimum Gasteiger partial charge on any atom is -0.457 e. The summed E-state index contributed by atoms with van der Waals surface area (Å²) in [6.45, 7) is 3.99. The third kappa shape index (κ3) is 2.98. The molecular formula is C24H18O2. The Balaban J connectivity index is 1.71. The zero-order valence-electron chi connectivity index (χ0n) is 14.3. The molecule has 0 N–H and O–H groups in total. The first kappa shape index (κ1) is 16.1. The molecule has 0 aromatic heterocycles. The van der Waals surface area contributed by atoms with E-state index in [2.05, 4.69) is 12.6 Å². The van der Waals surface area contributed by atoms with Crippen molar-refractivity contribution in [2.75, 3.05) is 0 Å². The number of ether oxygens (including phenoxy) is 1. The van der Waals surface area contributed by atoms with Crippen molar-refractivity contribution in [3.63, 3.8) is 0 Å². The van der Waals surface area contributed by atoms with E-state index in [1.54, 1.807) is 6.08 Å². The van der Waals surface area contributed by atoms with E-state index in [0.717, 1.165) is 32.7 Å². The second-order valence-electron chi connectivity index (χ2n) is 6.22. The molecule has 0 bridgehead atoms. The number of hydrogen-bond donors (Lipinski definition) is 0. The van der Waals surface area contributed by atoms with Gasteiger partial charge in [0.15, 0.2) is 0 Å². The van der Waals surface area contributed by atoms with Crippen molar-refractivity contribution >= 4 is 33.6 Å². The van der Waals surface area contributed by atoms with Gasteiger partial charge in [-0.2, -0.15) is 0 Å². The summed E-state index contributed by atoms with van der Waals surface area (Å²) in [5.41, 5.74) is 2.62. The minimum atomic E-state index is -0.300. The van der Waals surface area contributed by atoms with Crippen LogP contribution in [-0.2, 0) is 11.3 Å². The first-order chi connectivity index (χ1) is 12.8. The second kappa shape index (κ2) is 6.85. The van der Waals surface area contributed by atoms with E-state index >= 15 is 0 Å². The van der Waals surface area contributed by atoms with Crippen LogP contribution in [0, 0.1) is 0 Å². The summed E-state index contributed by atoms with van der Waals surface area (Å²) in [5.74, 6) is -0.300. The molecule has 0 heterocycles. The largest absolute Gasteiger partial charge is 0.457 e. The van der Waals surface area contributed by atoms with Crippen LogP contribution in [0.2, 0.25) is 0 Å². The van der Waals surface area contributed by atoms with Crippen molar-refractivity contribution in [2.45, 2.75) is 6.61 Å². The molecule has 4 rings (SSSR count). The number of fused-ring (bicyclic) bond motifs is 2. The molecule has 0 fully saturated rings. The van der Waals surface area contributed by atoms with Gasteiger partial charge in [0.05, 0.1) is 5.56 Å². The lowest BCUT2D eigenvalue weighted by molar-refractivity contribution is 0.0477. The SMILES string of the molecule is C=Cc1ccc(COC(=O)c2c3ccccc3cc3ccccc23)cc1. The fraction of sp³-hybridized carbons (Fsp3) is 0.0417. The van der Waals surface area contributed by atoms with Crippen molar-refractivity contribution in [1.29, 1.82) is 0 Å². The third-order valence-electron chi connectivity index (χ3n) is 4.56. The Kier molecular flexibility index (Phi) is 4.24. The van der Waals surface area contributed by atoms with Crippen LogP contribution in [0.4, 0.5) is 0 Å². The minimum absolute atomic E-state index is 0.244. The highest BCUT2D eigenvalue weighted by Gasteiger charge is 2.16. The van der Waals surface area contributed by atoms with Crippen molar-refractivity contribution in [2.24, 2.45) is 0 Å². The fourth-order valence-electron chi connectivity index (χ4n) is 3.20.